The van der Waals surface area contributed by atoms with E-state index in [1.54, 1.807) is 17.3 Å². The maximum absolute atomic E-state index is 11.5. The van der Waals surface area contributed by atoms with Gasteiger partial charge in [0.05, 0.1) is 6.61 Å². The largest absolute Gasteiger partial charge is 0.450 e. The van der Waals surface area contributed by atoms with Crippen LogP contribution < -0.4 is 0 Å². The van der Waals surface area contributed by atoms with Crippen molar-refractivity contribution < 1.29 is 9.53 Å². The van der Waals surface area contributed by atoms with Gasteiger partial charge in [-0.15, -0.1) is 0 Å². The van der Waals surface area contributed by atoms with Gasteiger partial charge in [-0.1, -0.05) is 0 Å². The van der Waals surface area contributed by atoms with E-state index in [0.29, 0.717) is 19.7 Å². The molecule has 0 aliphatic carbocycles. The molecule has 0 spiro atoms. The first-order chi connectivity index (χ1) is 7.77. The predicted octanol–water partition coefficient (Wildman–Crippen LogP) is 2.10. The lowest BCUT2D eigenvalue weighted by molar-refractivity contribution is 0.109. The Morgan fingerprint density at radius 1 is 1.38 bits per heavy atom. The molecule has 0 N–H and O–H groups in total. The SMILES string of the molecule is CCOC(=O)N(CC)CCc1ccncc1. The molecule has 0 saturated heterocycles. The molecule has 1 rings (SSSR count). The van der Waals surface area contributed by atoms with Crippen LogP contribution in [0.1, 0.15) is 19.4 Å². The maximum Gasteiger partial charge on any atom is 0.409 e. The summed E-state index contributed by atoms with van der Waals surface area (Å²) >= 11 is 0. The van der Waals surface area contributed by atoms with Crippen LogP contribution in [-0.4, -0.2) is 35.7 Å². The minimum absolute atomic E-state index is 0.237. The summed E-state index contributed by atoms with van der Waals surface area (Å²) < 4.78 is 4.96. The topological polar surface area (TPSA) is 42.4 Å². The van der Waals surface area contributed by atoms with Crippen LogP contribution in [0.4, 0.5) is 4.79 Å². The van der Waals surface area contributed by atoms with E-state index in [2.05, 4.69) is 4.98 Å². The molecule has 0 unspecified atom stereocenters. The fraction of sp³-hybridized carbons (Fsp3) is 0.500. The molecule has 1 aromatic rings. The van der Waals surface area contributed by atoms with Gasteiger partial charge < -0.3 is 9.64 Å². The zero-order valence-corrected chi connectivity index (χ0v) is 9.85. The van der Waals surface area contributed by atoms with Gasteiger partial charge in [-0.05, 0) is 38.0 Å². The second kappa shape index (κ2) is 6.82. The van der Waals surface area contributed by atoms with Crippen LogP contribution in [0.15, 0.2) is 24.5 Å². The van der Waals surface area contributed by atoms with Gasteiger partial charge in [-0.2, -0.15) is 0 Å². The first kappa shape index (κ1) is 12.5. The van der Waals surface area contributed by atoms with Gasteiger partial charge in [-0.3, -0.25) is 4.98 Å². The van der Waals surface area contributed by atoms with Gasteiger partial charge in [0.1, 0.15) is 0 Å². The number of pyridine rings is 1. The highest BCUT2D eigenvalue weighted by atomic mass is 16.6. The number of hydrogen-bond donors (Lipinski definition) is 0. The summed E-state index contributed by atoms with van der Waals surface area (Å²) in [6.07, 6.45) is 4.11. The van der Waals surface area contributed by atoms with Crippen LogP contribution in [0.2, 0.25) is 0 Å². The highest BCUT2D eigenvalue weighted by Crippen LogP contribution is 2.01. The van der Waals surface area contributed by atoms with Gasteiger partial charge in [0, 0.05) is 25.5 Å². The van der Waals surface area contributed by atoms with E-state index in [1.165, 1.54) is 5.56 Å². The van der Waals surface area contributed by atoms with Crippen LogP contribution in [0.3, 0.4) is 0 Å². The molecule has 4 nitrogen and oxygen atoms in total. The highest BCUT2D eigenvalue weighted by molar-refractivity contribution is 5.67. The van der Waals surface area contributed by atoms with Gasteiger partial charge in [0.25, 0.3) is 0 Å². The van der Waals surface area contributed by atoms with Gasteiger partial charge in [0.2, 0.25) is 0 Å². The number of carbonyl (C=O) groups is 1. The summed E-state index contributed by atoms with van der Waals surface area (Å²) in [5, 5.41) is 0. The Kier molecular flexibility index (Phi) is 5.32. The van der Waals surface area contributed by atoms with Gasteiger partial charge >= 0.3 is 6.09 Å². The summed E-state index contributed by atoms with van der Waals surface area (Å²) in [7, 11) is 0. The highest BCUT2D eigenvalue weighted by Gasteiger charge is 2.11. The first-order valence-corrected chi connectivity index (χ1v) is 5.58. The lowest BCUT2D eigenvalue weighted by atomic mass is 10.2. The van der Waals surface area contributed by atoms with E-state index in [1.807, 2.05) is 26.0 Å². The molecule has 0 atom stereocenters. The van der Waals surface area contributed by atoms with Crippen molar-refractivity contribution in [2.75, 3.05) is 19.7 Å². The first-order valence-electron chi connectivity index (χ1n) is 5.58. The number of rotatable bonds is 5. The average Bonchev–Trinajstić information content (AvgIpc) is 2.31. The summed E-state index contributed by atoms with van der Waals surface area (Å²) in [6.45, 7) is 5.53. The summed E-state index contributed by atoms with van der Waals surface area (Å²) in [5.74, 6) is 0. The number of nitrogens with zero attached hydrogens (tertiary/aromatic N) is 2. The monoisotopic (exact) mass is 222 g/mol. The van der Waals surface area contributed by atoms with Crippen LogP contribution in [0, 0.1) is 0 Å². The zero-order valence-electron chi connectivity index (χ0n) is 9.85. The van der Waals surface area contributed by atoms with Crippen LogP contribution in [0.25, 0.3) is 0 Å². The molecule has 0 fully saturated rings. The number of amides is 1. The number of carbonyl (C=O) groups excluding carboxylic acids is 1. The predicted molar refractivity (Wildman–Crippen MR) is 62.2 cm³/mol. The second-order valence-electron chi connectivity index (χ2n) is 3.38. The molecular weight excluding hydrogens is 204 g/mol. The Labute approximate surface area is 96.2 Å². The minimum atomic E-state index is -0.237. The van der Waals surface area contributed by atoms with Crippen LogP contribution >= 0.6 is 0 Å². The standard InChI is InChI=1S/C12H18N2O2/c1-3-14(12(15)16-4-2)10-7-11-5-8-13-9-6-11/h5-6,8-9H,3-4,7,10H2,1-2H3. The third kappa shape index (κ3) is 3.88. The van der Waals surface area contributed by atoms with Crippen molar-refractivity contribution in [2.24, 2.45) is 0 Å². The molecule has 1 aromatic heterocycles. The summed E-state index contributed by atoms with van der Waals surface area (Å²) in [6, 6.07) is 3.91. The van der Waals surface area contributed by atoms with E-state index < -0.39 is 0 Å². The summed E-state index contributed by atoms with van der Waals surface area (Å²) in [4.78, 5) is 17.1. The lowest BCUT2D eigenvalue weighted by Gasteiger charge is -2.19. The Hall–Kier alpha value is -1.58. The Balaban J connectivity index is 2.43. The molecule has 4 heteroatoms. The van der Waals surface area contributed by atoms with E-state index in [4.69, 9.17) is 4.74 Å². The molecule has 0 saturated carbocycles. The molecule has 16 heavy (non-hydrogen) atoms. The molecule has 88 valence electrons. The molecular formula is C12H18N2O2. The Morgan fingerprint density at radius 3 is 2.62 bits per heavy atom. The van der Waals surface area contributed by atoms with Crippen LogP contribution in [-0.2, 0) is 11.2 Å². The molecule has 1 amide bonds. The molecule has 0 aliphatic heterocycles. The van der Waals surface area contributed by atoms with Gasteiger partial charge in [-0.25, -0.2) is 4.79 Å². The van der Waals surface area contributed by atoms with E-state index in [9.17, 15) is 4.79 Å². The average molecular weight is 222 g/mol. The molecule has 0 radical (unpaired) electrons. The Bertz CT molecular complexity index is 314. The normalized spacial score (nSPS) is 9.88. The molecule has 0 aromatic carbocycles. The number of likely N-dealkylation sites (N-methyl/N-ethyl adjacent to an activating group) is 1. The number of aromatic nitrogens is 1. The van der Waals surface area contributed by atoms with Crippen molar-refractivity contribution in [2.45, 2.75) is 20.3 Å². The van der Waals surface area contributed by atoms with E-state index in [-0.39, 0.29) is 6.09 Å². The fourth-order valence-corrected chi connectivity index (χ4v) is 1.41. The number of ether oxygens (including phenoxy) is 1. The van der Waals surface area contributed by atoms with Crippen molar-refractivity contribution in [3.63, 3.8) is 0 Å². The lowest BCUT2D eigenvalue weighted by Crippen LogP contribution is -2.33. The third-order valence-corrected chi connectivity index (χ3v) is 2.33. The van der Waals surface area contributed by atoms with Crippen molar-refractivity contribution in [3.05, 3.63) is 30.1 Å². The van der Waals surface area contributed by atoms with Crippen molar-refractivity contribution >= 4 is 6.09 Å². The smallest absolute Gasteiger partial charge is 0.409 e. The number of hydrogen-bond acceptors (Lipinski definition) is 3. The zero-order chi connectivity index (χ0) is 11.8. The second-order valence-corrected chi connectivity index (χ2v) is 3.38. The van der Waals surface area contributed by atoms with Crippen molar-refractivity contribution in [3.8, 4) is 0 Å². The Morgan fingerprint density at radius 2 is 2.06 bits per heavy atom. The fourth-order valence-electron chi connectivity index (χ4n) is 1.41. The molecule has 1 heterocycles. The minimum Gasteiger partial charge on any atom is -0.450 e. The van der Waals surface area contributed by atoms with E-state index in [0.717, 1.165) is 6.42 Å². The van der Waals surface area contributed by atoms with Crippen molar-refractivity contribution in [1.82, 2.24) is 9.88 Å². The summed E-state index contributed by atoms with van der Waals surface area (Å²) in [5.41, 5.74) is 1.18. The van der Waals surface area contributed by atoms with E-state index >= 15 is 0 Å². The third-order valence-electron chi connectivity index (χ3n) is 2.33. The van der Waals surface area contributed by atoms with Gasteiger partial charge in [0.15, 0.2) is 0 Å². The van der Waals surface area contributed by atoms with Crippen LogP contribution in [0.5, 0.6) is 0 Å². The maximum atomic E-state index is 11.5. The molecule has 0 bridgehead atoms. The molecule has 0 aliphatic rings. The van der Waals surface area contributed by atoms with Crippen molar-refractivity contribution in [1.29, 1.82) is 0 Å². The quantitative estimate of drug-likeness (QED) is 0.766.